The molecule has 0 unspecified atom stereocenters. The molecule has 0 aliphatic carbocycles. The van der Waals surface area contributed by atoms with E-state index in [4.69, 9.17) is 27.3 Å². The van der Waals surface area contributed by atoms with Crippen molar-refractivity contribution in [2.24, 2.45) is 5.73 Å². The van der Waals surface area contributed by atoms with Crippen LogP contribution in [-0.4, -0.2) is 28.2 Å². The maximum absolute atomic E-state index is 11.8. The molecule has 4 aromatic rings. The lowest BCUT2D eigenvalue weighted by molar-refractivity contribution is -0.173. The van der Waals surface area contributed by atoms with Gasteiger partial charge in [0.15, 0.2) is 0 Å². The van der Waals surface area contributed by atoms with Crippen molar-refractivity contribution in [2.45, 2.75) is 32.7 Å². The minimum atomic E-state index is -4.86. The predicted octanol–water partition coefficient (Wildman–Crippen LogP) is 6.09. The van der Waals surface area contributed by atoms with Crippen LogP contribution in [0.3, 0.4) is 0 Å². The summed E-state index contributed by atoms with van der Waals surface area (Å²) in [5, 5.41) is 22.2. The third-order valence-electron chi connectivity index (χ3n) is 5.50. The standard InChI is InChI=1S/C14H12N2O.C9H8F3NO2.C9H11NO2/c1-16-13-4-2-3-5-14(13)17-12-8-6-11(10-15)7-9-12;10-9(11,12)8(15)13-5-6-1-3-7(14)4-2-6;1-7(11)10-6-8-2-4-9(12)5-3-8/h2-9H,10,15H2;1-4,14H,5H2,(H,13,15);2-5,12H,6H2,1H3,(H,10,11). The number of carbonyl (C=O) groups excluding carboxylic acids is 2. The molecule has 12 heteroatoms. The fourth-order valence-corrected chi connectivity index (χ4v) is 3.19. The van der Waals surface area contributed by atoms with E-state index in [1.54, 1.807) is 41.7 Å². The summed E-state index contributed by atoms with van der Waals surface area (Å²) in [4.78, 5) is 24.3. The Kier molecular flexibility index (Phi) is 13.7. The minimum Gasteiger partial charge on any atom is -0.508 e. The van der Waals surface area contributed by atoms with E-state index in [1.807, 2.05) is 36.4 Å². The van der Waals surface area contributed by atoms with Gasteiger partial charge < -0.3 is 31.3 Å². The highest BCUT2D eigenvalue weighted by atomic mass is 19.4. The van der Waals surface area contributed by atoms with Crippen molar-refractivity contribution in [3.05, 3.63) is 125 Å². The van der Waals surface area contributed by atoms with Crippen molar-refractivity contribution in [1.82, 2.24) is 10.6 Å². The normalized spacial score (nSPS) is 10.1. The predicted molar refractivity (Wildman–Crippen MR) is 159 cm³/mol. The lowest BCUT2D eigenvalue weighted by atomic mass is 10.2. The van der Waals surface area contributed by atoms with Gasteiger partial charge >= 0.3 is 12.1 Å². The molecule has 9 nitrogen and oxygen atoms in total. The number of ether oxygens (including phenoxy) is 1. The van der Waals surface area contributed by atoms with Crippen LogP contribution in [0.2, 0.25) is 0 Å². The molecule has 6 N–H and O–H groups in total. The maximum atomic E-state index is 11.8. The van der Waals surface area contributed by atoms with Crippen LogP contribution in [0.4, 0.5) is 18.9 Å². The van der Waals surface area contributed by atoms with Gasteiger partial charge in [-0.15, -0.1) is 0 Å². The molecule has 0 fully saturated rings. The number of alkyl halides is 3. The molecule has 0 aliphatic rings. The molecule has 0 radical (unpaired) electrons. The number of rotatable bonds is 7. The number of hydrogen-bond donors (Lipinski definition) is 5. The number of phenolic OH excluding ortho intramolecular Hbond substituents is 2. The first-order valence-electron chi connectivity index (χ1n) is 13.0. The quantitative estimate of drug-likeness (QED) is 0.161. The van der Waals surface area contributed by atoms with Crippen LogP contribution in [0, 0.1) is 6.57 Å². The second kappa shape index (κ2) is 17.4. The van der Waals surface area contributed by atoms with Gasteiger partial charge in [0.25, 0.3) is 0 Å². The first-order chi connectivity index (χ1) is 20.9. The SMILES string of the molecule is CC(=O)NCc1ccc(O)cc1.O=C(NCc1ccc(O)cc1)C(F)(F)F.[C-]#[N+]c1ccccc1Oc1ccc(CN)cc1. The van der Waals surface area contributed by atoms with Gasteiger partial charge in [-0.05, 0) is 59.2 Å². The van der Waals surface area contributed by atoms with E-state index in [1.165, 1.54) is 31.2 Å². The highest BCUT2D eigenvalue weighted by molar-refractivity contribution is 5.81. The van der Waals surface area contributed by atoms with Crippen LogP contribution in [0.25, 0.3) is 4.85 Å². The smallest absolute Gasteiger partial charge is 0.471 e. The first-order valence-corrected chi connectivity index (χ1v) is 13.0. The Morgan fingerprint density at radius 1 is 0.795 bits per heavy atom. The van der Waals surface area contributed by atoms with Crippen LogP contribution in [0.1, 0.15) is 23.6 Å². The fraction of sp³-hybridized carbons (Fsp3) is 0.156. The monoisotopic (exact) mass is 608 g/mol. The minimum absolute atomic E-state index is 0.0147. The Hall–Kier alpha value is -5.54. The zero-order valence-corrected chi connectivity index (χ0v) is 23.6. The number of carbonyl (C=O) groups is 2. The fourth-order valence-electron chi connectivity index (χ4n) is 3.19. The number of phenols is 2. The summed E-state index contributed by atoms with van der Waals surface area (Å²) in [6.45, 7) is 9.31. The molecule has 2 amide bonds. The van der Waals surface area contributed by atoms with Crippen LogP contribution in [0.5, 0.6) is 23.0 Å². The Morgan fingerprint density at radius 3 is 1.73 bits per heavy atom. The lowest BCUT2D eigenvalue weighted by Gasteiger charge is -2.07. The van der Waals surface area contributed by atoms with Gasteiger partial charge in [0.1, 0.15) is 23.0 Å². The molecule has 0 saturated heterocycles. The van der Waals surface area contributed by atoms with Crippen LogP contribution < -0.4 is 21.1 Å². The number of hydrogen-bond acceptors (Lipinski definition) is 6. The van der Waals surface area contributed by atoms with Gasteiger partial charge in [0.2, 0.25) is 11.6 Å². The molecule has 0 atom stereocenters. The van der Waals surface area contributed by atoms with E-state index in [2.05, 4.69) is 10.2 Å². The van der Waals surface area contributed by atoms with Crippen molar-refractivity contribution >= 4 is 17.5 Å². The Morgan fingerprint density at radius 2 is 1.27 bits per heavy atom. The van der Waals surface area contributed by atoms with Crippen molar-refractivity contribution in [3.8, 4) is 23.0 Å². The Labute approximate surface area is 252 Å². The molecule has 0 aromatic heterocycles. The second-order valence-electron chi connectivity index (χ2n) is 8.95. The summed E-state index contributed by atoms with van der Waals surface area (Å²) < 4.78 is 40.9. The molecule has 4 rings (SSSR count). The summed E-state index contributed by atoms with van der Waals surface area (Å²) in [5.74, 6) is -0.498. The third kappa shape index (κ3) is 13.0. The topological polar surface area (TPSA) is 138 Å². The average Bonchev–Trinajstić information content (AvgIpc) is 3.01. The van der Waals surface area contributed by atoms with E-state index < -0.39 is 12.1 Å². The average molecular weight is 609 g/mol. The zero-order chi connectivity index (χ0) is 32.5. The Bertz CT molecular complexity index is 1520. The summed E-state index contributed by atoms with van der Waals surface area (Å²) in [7, 11) is 0. The molecule has 230 valence electrons. The highest BCUT2D eigenvalue weighted by Crippen LogP contribution is 2.31. The van der Waals surface area contributed by atoms with Gasteiger partial charge in [0, 0.05) is 26.6 Å². The molecule has 44 heavy (non-hydrogen) atoms. The van der Waals surface area contributed by atoms with Gasteiger partial charge in [0.05, 0.1) is 6.57 Å². The van der Waals surface area contributed by atoms with Crippen LogP contribution >= 0.6 is 0 Å². The van der Waals surface area contributed by atoms with Gasteiger partial charge in [-0.3, -0.25) is 9.59 Å². The van der Waals surface area contributed by atoms with Gasteiger partial charge in [-0.2, -0.15) is 13.2 Å². The van der Waals surface area contributed by atoms with E-state index in [0.717, 1.165) is 11.1 Å². The second-order valence-corrected chi connectivity index (χ2v) is 8.95. The van der Waals surface area contributed by atoms with E-state index >= 15 is 0 Å². The largest absolute Gasteiger partial charge is 0.508 e. The summed E-state index contributed by atoms with van der Waals surface area (Å²) >= 11 is 0. The number of halogens is 3. The molecular weight excluding hydrogens is 577 g/mol. The molecule has 0 spiro atoms. The third-order valence-corrected chi connectivity index (χ3v) is 5.50. The summed E-state index contributed by atoms with van der Waals surface area (Å²) in [6, 6.07) is 26.9. The van der Waals surface area contributed by atoms with Crippen LogP contribution in [-0.2, 0) is 29.2 Å². The molecule has 0 bridgehead atoms. The summed E-state index contributed by atoms with van der Waals surface area (Å²) in [6.07, 6.45) is -4.86. The molecular formula is C32H31F3N4O5. The lowest BCUT2D eigenvalue weighted by Crippen LogP contribution is -2.36. The Balaban J connectivity index is 0.000000234. The highest BCUT2D eigenvalue weighted by Gasteiger charge is 2.38. The number of benzene rings is 4. The zero-order valence-electron chi connectivity index (χ0n) is 23.6. The molecule has 0 saturated carbocycles. The van der Waals surface area contributed by atoms with Gasteiger partial charge in [-0.25, -0.2) is 4.85 Å². The van der Waals surface area contributed by atoms with E-state index in [-0.39, 0.29) is 24.0 Å². The molecule has 0 heterocycles. The van der Waals surface area contributed by atoms with Crippen molar-refractivity contribution in [3.63, 3.8) is 0 Å². The van der Waals surface area contributed by atoms with Crippen molar-refractivity contribution < 1.29 is 37.7 Å². The van der Waals surface area contributed by atoms with Crippen LogP contribution in [0.15, 0.2) is 97.1 Å². The van der Waals surface area contributed by atoms with Gasteiger partial charge in [-0.1, -0.05) is 54.6 Å². The molecule has 0 aliphatic heterocycles. The number of aromatic hydroxyl groups is 2. The number of nitrogens with two attached hydrogens (primary N) is 1. The van der Waals surface area contributed by atoms with Crippen molar-refractivity contribution in [1.29, 1.82) is 0 Å². The first kappa shape index (κ1) is 34.7. The number of amides is 2. The maximum Gasteiger partial charge on any atom is 0.471 e. The van der Waals surface area contributed by atoms with E-state index in [0.29, 0.717) is 35.8 Å². The number of nitrogens with zero attached hydrogens (tertiary/aromatic N) is 1. The van der Waals surface area contributed by atoms with Crippen molar-refractivity contribution in [2.75, 3.05) is 0 Å². The summed E-state index contributed by atoms with van der Waals surface area (Å²) in [5.41, 5.74) is 8.53. The molecule has 4 aromatic carbocycles. The van der Waals surface area contributed by atoms with E-state index in [9.17, 15) is 22.8 Å². The number of nitrogens with one attached hydrogen (secondary N) is 2. The number of para-hydroxylation sites is 2.